The molecule has 6 heteroatoms. The summed E-state index contributed by atoms with van der Waals surface area (Å²) in [4.78, 5) is 24.4. The van der Waals surface area contributed by atoms with E-state index in [-0.39, 0.29) is 16.0 Å². The van der Waals surface area contributed by atoms with E-state index in [0.717, 1.165) is 6.26 Å². The number of carbonyl (C=O) groups excluding carboxylic acids is 2. The summed E-state index contributed by atoms with van der Waals surface area (Å²) in [5.41, 5.74) is 0.358. The Morgan fingerprint density at radius 3 is 2.05 bits per heavy atom. The van der Waals surface area contributed by atoms with Crippen LogP contribution in [0.15, 0.2) is 53.4 Å². The van der Waals surface area contributed by atoms with Crippen molar-refractivity contribution in [2.45, 2.75) is 4.90 Å². The van der Waals surface area contributed by atoms with Gasteiger partial charge < -0.3 is 4.74 Å². The van der Waals surface area contributed by atoms with Crippen molar-refractivity contribution in [3.63, 3.8) is 0 Å². The van der Waals surface area contributed by atoms with Gasteiger partial charge in [-0.3, -0.25) is 9.59 Å². The maximum absolute atomic E-state index is 12.2. The monoisotopic (exact) mass is 318 g/mol. The quantitative estimate of drug-likeness (QED) is 0.623. The minimum Gasteiger partial charge on any atom is -0.497 e. The maximum Gasteiger partial charge on any atom is 0.233 e. The Morgan fingerprint density at radius 1 is 0.909 bits per heavy atom. The lowest BCUT2D eigenvalue weighted by atomic mass is 10.0. The summed E-state index contributed by atoms with van der Waals surface area (Å²) in [6.07, 6.45) is 1.07. The first kappa shape index (κ1) is 15.9. The SMILES string of the molecule is COc1cccc(C(=O)C(=O)c2ccc(S(C)(=O)=O)cc2)c1. The highest BCUT2D eigenvalue weighted by molar-refractivity contribution is 7.90. The Hall–Kier alpha value is -2.47. The molecule has 5 nitrogen and oxygen atoms in total. The van der Waals surface area contributed by atoms with Gasteiger partial charge in [0, 0.05) is 17.4 Å². The van der Waals surface area contributed by atoms with Gasteiger partial charge in [0.25, 0.3) is 0 Å². The molecule has 2 aromatic rings. The predicted molar refractivity (Wildman–Crippen MR) is 81.2 cm³/mol. The van der Waals surface area contributed by atoms with Gasteiger partial charge in [-0.05, 0) is 36.4 Å². The molecule has 0 aromatic heterocycles. The maximum atomic E-state index is 12.2. The first-order valence-corrected chi connectivity index (χ1v) is 8.25. The number of rotatable bonds is 5. The van der Waals surface area contributed by atoms with Gasteiger partial charge in [-0.1, -0.05) is 12.1 Å². The van der Waals surface area contributed by atoms with Crippen molar-refractivity contribution >= 4 is 21.4 Å². The highest BCUT2D eigenvalue weighted by atomic mass is 32.2. The Labute approximate surface area is 128 Å². The summed E-state index contributed by atoms with van der Waals surface area (Å²) in [6, 6.07) is 11.6. The third-order valence-corrected chi connectivity index (χ3v) is 4.21. The molecule has 0 heterocycles. The molecule has 0 aliphatic carbocycles. The zero-order valence-corrected chi connectivity index (χ0v) is 12.9. The largest absolute Gasteiger partial charge is 0.497 e. The van der Waals surface area contributed by atoms with Gasteiger partial charge in [0.05, 0.1) is 12.0 Å². The zero-order chi connectivity index (χ0) is 16.3. The minimum atomic E-state index is -3.34. The molecule has 0 saturated heterocycles. The van der Waals surface area contributed by atoms with Crippen LogP contribution in [0.4, 0.5) is 0 Å². The van der Waals surface area contributed by atoms with Gasteiger partial charge in [0.1, 0.15) is 5.75 Å². The molecule has 0 amide bonds. The Morgan fingerprint density at radius 2 is 1.50 bits per heavy atom. The Bertz CT molecular complexity index is 820. The fraction of sp³-hybridized carbons (Fsp3) is 0.125. The molecule has 0 radical (unpaired) electrons. The standard InChI is InChI=1S/C16H14O5S/c1-21-13-5-3-4-12(10-13)16(18)15(17)11-6-8-14(9-7-11)22(2,19)20/h3-10H,1-2H3. The molecule has 0 bridgehead atoms. The lowest BCUT2D eigenvalue weighted by Crippen LogP contribution is -2.14. The van der Waals surface area contributed by atoms with Gasteiger partial charge in [0.2, 0.25) is 11.6 Å². The van der Waals surface area contributed by atoms with E-state index in [2.05, 4.69) is 0 Å². The Kier molecular flexibility index (Phi) is 4.42. The number of hydrogen-bond donors (Lipinski definition) is 0. The number of sulfone groups is 1. The van der Waals surface area contributed by atoms with Gasteiger partial charge in [-0.2, -0.15) is 0 Å². The van der Waals surface area contributed by atoms with Crippen molar-refractivity contribution in [3.8, 4) is 5.75 Å². The third-order valence-electron chi connectivity index (χ3n) is 3.08. The van der Waals surface area contributed by atoms with Crippen molar-refractivity contribution in [3.05, 3.63) is 59.7 Å². The summed E-state index contributed by atoms with van der Waals surface area (Å²) < 4.78 is 27.8. The second kappa shape index (κ2) is 6.11. The number of ketones is 2. The Balaban J connectivity index is 2.29. The summed E-state index contributed by atoms with van der Waals surface area (Å²) >= 11 is 0. The van der Waals surface area contributed by atoms with Crippen molar-refractivity contribution in [1.82, 2.24) is 0 Å². The van der Waals surface area contributed by atoms with E-state index in [1.807, 2.05) is 0 Å². The molecule has 0 aliphatic rings. The highest BCUT2D eigenvalue weighted by Crippen LogP contribution is 2.16. The van der Waals surface area contributed by atoms with Crippen LogP contribution in [-0.4, -0.2) is 33.3 Å². The smallest absolute Gasteiger partial charge is 0.233 e. The number of methoxy groups -OCH3 is 1. The van der Waals surface area contributed by atoms with Crippen molar-refractivity contribution < 1.29 is 22.7 Å². The molecule has 2 aromatic carbocycles. The van der Waals surface area contributed by atoms with Crippen LogP contribution in [0.2, 0.25) is 0 Å². The lowest BCUT2D eigenvalue weighted by Gasteiger charge is -2.04. The number of Topliss-reactive ketones (excluding diaryl/α,β-unsaturated/α-hetero) is 2. The number of hydrogen-bond acceptors (Lipinski definition) is 5. The van der Waals surface area contributed by atoms with Crippen LogP contribution in [0.1, 0.15) is 20.7 Å². The molecule has 0 fully saturated rings. The van der Waals surface area contributed by atoms with Crippen LogP contribution in [-0.2, 0) is 9.84 Å². The summed E-state index contributed by atoms with van der Waals surface area (Å²) in [7, 11) is -1.87. The highest BCUT2D eigenvalue weighted by Gasteiger charge is 2.19. The normalized spacial score (nSPS) is 11.0. The summed E-state index contributed by atoms with van der Waals surface area (Å²) in [5.74, 6) is -0.898. The molecule has 2 rings (SSSR count). The van der Waals surface area contributed by atoms with Crippen LogP contribution in [0.5, 0.6) is 5.75 Å². The zero-order valence-electron chi connectivity index (χ0n) is 12.1. The molecule has 0 aliphatic heterocycles. The average Bonchev–Trinajstić information content (AvgIpc) is 2.53. The second-order valence-electron chi connectivity index (χ2n) is 4.69. The van der Waals surface area contributed by atoms with Gasteiger partial charge in [0.15, 0.2) is 9.84 Å². The lowest BCUT2D eigenvalue weighted by molar-refractivity contribution is 0.0817. The fourth-order valence-corrected chi connectivity index (χ4v) is 2.51. The molecular formula is C16H14O5S. The third kappa shape index (κ3) is 3.40. The summed E-state index contributed by atoms with van der Waals surface area (Å²) in [6.45, 7) is 0. The van der Waals surface area contributed by atoms with Gasteiger partial charge in [-0.25, -0.2) is 8.42 Å². The number of carbonyl (C=O) groups is 2. The van der Waals surface area contributed by atoms with E-state index in [1.165, 1.54) is 43.5 Å². The van der Waals surface area contributed by atoms with Crippen molar-refractivity contribution in [2.75, 3.05) is 13.4 Å². The van der Waals surface area contributed by atoms with E-state index >= 15 is 0 Å². The molecule has 0 atom stereocenters. The fourth-order valence-electron chi connectivity index (χ4n) is 1.88. The number of benzene rings is 2. The first-order valence-electron chi connectivity index (χ1n) is 6.36. The molecular weight excluding hydrogens is 304 g/mol. The van der Waals surface area contributed by atoms with E-state index in [4.69, 9.17) is 4.74 Å². The van der Waals surface area contributed by atoms with E-state index in [0.29, 0.717) is 5.75 Å². The first-order chi connectivity index (χ1) is 10.3. The van der Waals surface area contributed by atoms with E-state index in [9.17, 15) is 18.0 Å². The van der Waals surface area contributed by atoms with Crippen molar-refractivity contribution in [1.29, 1.82) is 0 Å². The minimum absolute atomic E-state index is 0.0953. The average molecular weight is 318 g/mol. The van der Waals surface area contributed by atoms with Crippen LogP contribution in [0, 0.1) is 0 Å². The molecule has 114 valence electrons. The second-order valence-corrected chi connectivity index (χ2v) is 6.70. The molecule has 0 saturated carbocycles. The topological polar surface area (TPSA) is 77.5 Å². The summed E-state index contributed by atoms with van der Waals surface area (Å²) in [5, 5.41) is 0. The van der Waals surface area contributed by atoms with Crippen LogP contribution in [0.25, 0.3) is 0 Å². The molecule has 0 N–H and O–H groups in total. The van der Waals surface area contributed by atoms with Crippen LogP contribution < -0.4 is 4.74 Å². The van der Waals surface area contributed by atoms with Crippen molar-refractivity contribution in [2.24, 2.45) is 0 Å². The number of ether oxygens (including phenoxy) is 1. The van der Waals surface area contributed by atoms with Crippen LogP contribution >= 0.6 is 0 Å². The van der Waals surface area contributed by atoms with E-state index < -0.39 is 21.4 Å². The van der Waals surface area contributed by atoms with E-state index in [1.54, 1.807) is 12.1 Å². The van der Waals surface area contributed by atoms with Gasteiger partial charge >= 0.3 is 0 Å². The van der Waals surface area contributed by atoms with Gasteiger partial charge in [-0.15, -0.1) is 0 Å². The van der Waals surface area contributed by atoms with Crippen LogP contribution in [0.3, 0.4) is 0 Å². The molecule has 0 spiro atoms. The molecule has 22 heavy (non-hydrogen) atoms. The predicted octanol–water partition coefficient (Wildman–Crippen LogP) is 2.16. The molecule has 0 unspecified atom stereocenters.